The monoisotopic (exact) mass is 480 g/mol. The molecule has 0 spiro atoms. The zero-order chi connectivity index (χ0) is 24.5. The highest BCUT2D eigenvalue weighted by Gasteiger charge is 2.22. The molecule has 9 nitrogen and oxygen atoms in total. The zero-order valence-electron chi connectivity index (χ0n) is 18.9. The van der Waals surface area contributed by atoms with E-state index in [0.29, 0.717) is 22.4 Å². The minimum Gasteiger partial charge on any atom is -0.368 e. The zero-order valence-corrected chi connectivity index (χ0v) is 19.7. The molecule has 10 heteroatoms. The van der Waals surface area contributed by atoms with Crippen LogP contribution < -0.4 is 16.6 Å². The molecule has 2 aromatic carbocycles. The Morgan fingerprint density at radius 2 is 1.89 bits per heavy atom. The summed E-state index contributed by atoms with van der Waals surface area (Å²) in [5.41, 5.74) is 7.81. The standard InChI is InChI=1S/C25H20N8OS/c1-14(30-22-16(11-26)12-29-25(27)32-22)23-31-19-10-6-9-18(20-13-28-15(2)35-20)21(19)24(34)33(23)17-7-4-3-5-8-17/h3-10,12-14H,1-2H3,(H3,27,29,30,32)/t14-/m0/s1. The number of nitrogens with one attached hydrogen (secondary N) is 1. The number of nitriles is 1. The lowest BCUT2D eigenvalue weighted by Crippen LogP contribution is -2.28. The van der Waals surface area contributed by atoms with Crippen LogP contribution in [-0.4, -0.2) is 24.5 Å². The minimum atomic E-state index is -0.497. The van der Waals surface area contributed by atoms with Gasteiger partial charge >= 0.3 is 0 Å². The number of para-hydroxylation sites is 1. The molecule has 0 aliphatic rings. The lowest BCUT2D eigenvalue weighted by atomic mass is 10.1. The molecule has 1 atom stereocenters. The van der Waals surface area contributed by atoms with Crippen molar-refractivity contribution in [1.29, 1.82) is 5.26 Å². The average Bonchev–Trinajstić information content (AvgIpc) is 3.30. The Hall–Kier alpha value is -4.62. The normalized spacial score (nSPS) is 11.8. The second kappa shape index (κ2) is 8.96. The molecule has 0 saturated carbocycles. The van der Waals surface area contributed by atoms with E-state index in [1.807, 2.05) is 62.4 Å². The van der Waals surface area contributed by atoms with E-state index in [-0.39, 0.29) is 22.9 Å². The van der Waals surface area contributed by atoms with E-state index in [0.717, 1.165) is 15.4 Å². The van der Waals surface area contributed by atoms with E-state index in [4.69, 9.17) is 10.7 Å². The van der Waals surface area contributed by atoms with Crippen LogP contribution in [-0.2, 0) is 0 Å². The molecule has 0 aliphatic carbocycles. The number of nitrogen functional groups attached to an aromatic ring is 1. The van der Waals surface area contributed by atoms with E-state index in [9.17, 15) is 10.1 Å². The fraction of sp³-hybridized carbons (Fsp3) is 0.120. The number of thiazole rings is 1. The highest BCUT2D eigenvalue weighted by molar-refractivity contribution is 7.15. The second-order valence-corrected chi connectivity index (χ2v) is 9.09. The van der Waals surface area contributed by atoms with Gasteiger partial charge < -0.3 is 11.1 Å². The average molecular weight is 481 g/mol. The molecule has 35 heavy (non-hydrogen) atoms. The quantitative estimate of drug-likeness (QED) is 0.381. The molecule has 3 aromatic heterocycles. The summed E-state index contributed by atoms with van der Waals surface area (Å²) in [6.45, 7) is 3.78. The number of benzene rings is 2. The second-order valence-electron chi connectivity index (χ2n) is 7.86. The van der Waals surface area contributed by atoms with Crippen molar-refractivity contribution in [3.05, 3.63) is 87.7 Å². The molecule has 0 aliphatic heterocycles. The van der Waals surface area contributed by atoms with Crippen LogP contribution in [0.3, 0.4) is 0 Å². The highest BCUT2D eigenvalue weighted by Crippen LogP contribution is 2.31. The molecular weight excluding hydrogens is 460 g/mol. The number of anilines is 2. The third-order valence-corrected chi connectivity index (χ3v) is 6.44. The molecule has 0 bridgehead atoms. The van der Waals surface area contributed by atoms with Crippen LogP contribution in [0, 0.1) is 18.3 Å². The SMILES string of the molecule is Cc1ncc(-c2cccc3nc([C@H](C)Nc4nc(N)ncc4C#N)n(-c4ccccc4)c(=O)c23)s1. The maximum Gasteiger partial charge on any atom is 0.266 e. The van der Waals surface area contributed by atoms with Crippen molar-refractivity contribution in [3.63, 3.8) is 0 Å². The van der Waals surface area contributed by atoms with Crippen LogP contribution in [0.2, 0.25) is 0 Å². The number of hydrogen-bond donors (Lipinski definition) is 2. The molecule has 0 amide bonds. The Morgan fingerprint density at radius 1 is 1.09 bits per heavy atom. The summed E-state index contributed by atoms with van der Waals surface area (Å²) < 4.78 is 1.59. The predicted molar refractivity (Wildman–Crippen MR) is 136 cm³/mol. The number of nitrogens with two attached hydrogens (primary N) is 1. The lowest BCUT2D eigenvalue weighted by Gasteiger charge is -2.21. The van der Waals surface area contributed by atoms with Gasteiger partial charge in [0.05, 0.1) is 38.7 Å². The first-order valence-electron chi connectivity index (χ1n) is 10.8. The van der Waals surface area contributed by atoms with Crippen molar-refractivity contribution in [2.45, 2.75) is 19.9 Å². The minimum absolute atomic E-state index is 0.0371. The van der Waals surface area contributed by atoms with Crippen molar-refractivity contribution in [3.8, 4) is 22.2 Å². The summed E-state index contributed by atoms with van der Waals surface area (Å²) >= 11 is 1.53. The summed E-state index contributed by atoms with van der Waals surface area (Å²) in [5, 5.41) is 14.1. The van der Waals surface area contributed by atoms with Crippen LogP contribution in [0.25, 0.3) is 27.0 Å². The first kappa shape index (κ1) is 22.2. The highest BCUT2D eigenvalue weighted by atomic mass is 32.1. The van der Waals surface area contributed by atoms with Gasteiger partial charge in [-0.1, -0.05) is 30.3 Å². The molecule has 5 aromatic rings. The molecule has 172 valence electrons. The Morgan fingerprint density at radius 3 is 2.60 bits per heavy atom. The number of aromatic nitrogens is 5. The van der Waals surface area contributed by atoms with Crippen LogP contribution in [0.5, 0.6) is 0 Å². The van der Waals surface area contributed by atoms with Gasteiger partial charge in [0.15, 0.2) is 0 Å². The summed E-state index contributed by atoms with van der Waals surface area (Å²) in [6.07, 6.45) is 3.14. The smallest absolute Gasteiger partial charge is 0.266 e. The third kappa shape index (κ3) is 4.09. The van der Waals surface area contributed by atoms with E-state index >= 15 is 0 Å². The summed E-state index contributed by atoms with van der Waals surface area (Å²) in [4.78, 5) is 32.3. The Balaban J connectivity index is 1.74. The number of hydrogen-bond acceptors (Lipinski definition) is 9. The first-order valence-corrected chi connectivity index (χ1v) is 11.6. The summed E-state index contributed by atoms with van der Waals surface area (Å²) in [7, 11) is 0. The largest absolute Gasteiger partial charge is 0.368 e. The fourth-order valence-corrected chi connectivity index (χ4v) is 4.72. The molecule has 0 saturated heterocycles. The van der Waals surface area contributed by atoms with E-state index in [1.165, 1.54) is 17.5 Å². The molecule has 3 N–H and O–H groups in total. The van der Waals surface area contributed by atoms with Crippen LogP contribution >= 0.6 is 11.3 Å². The van der Waals surface area contributed by atoms with Gasteiger partial charge in [0, 0.05) is 11.8 Å². The fourth-order valence-electron chi connectivity index (χ4n) is 3.91. The Labute approximate surface area is 204 Å². The van der Waals surface area contributed by atoms with E-state index in [2.05, 4.69) is 26.3 Å². The Bertz CT molecular complexity index is 1650. The number of fused-ring (bicyclic) bond motifs is 1. The van der Waals surface area contributed by atoms with Crippen LogP contribution in [0.1, 0.15) is 29.4 Å². The van der Waals surface area contributed by atoms with Crippen molar-refractivity contribution in [2.75, 3.05) is 11.1 Å². The maximum absolute atomic E-state index is 14.1. The number of aryl methyl sites for hydroxylation is 1. The number of nitrogens with zero attached hydrogens (tertiary/aromatic N) is 6. The molecule has 0 unspecified atom stereocenters. The maximum atomic E-state index is 14.1. The van der Waals surface area contributed by atoms with Gasteiger partial charge in [-0.25, -0.2) is 15.0 Å². The first-order chi connectivity index (χ1) is 17.0. The van der Waals surface area contributed by atoms with E-state index < -0.39 is 6.04 Å². The van der Waals surface area contributed by atoms with Gasteiger partial charge in [-0.2, -0.15) is 10.2 Å². The van der Waals surface area contributed by atoms with Gasteiger partial charge in [-0.15, -0.1) is 11.3 Å². The van der Waals surface area contributed by atoms with Crippen LogP contribution in [0.4, 0.5) is 11.8 Å². The third-order valence-electron chi connectivity index (χ3n) is 5.49. The topological polar surface area (TPSA) is 135 Å². The van der Waals surface area contributed by atoms with Crippen molar-refractivity contribution >= 4 is 34.0 Å². The molecule has 5 rings (SSSR count). The van der Waals surface area contributed by atoms with Crippen molar-refractivity contribution in [1.82, 2.24) is 24.5 Å². The van der Waals surface area contributed by atoms with Crippen molar-refractivity contribution in [2.24, 2.45) is 0 Å². The van der Waals surface area contributed by atoms with E-state index in [1.54, 1.807) is 10.8 Å². The number of rotatable bonds is 5. The lowest BCUT2D eigenvalue weighted by molar-refractivity contribution is 0.731. The molecule has 3 heterocycles. The molecule has 0 radical (unpaired) electrons. The molecular formula is C25H20N8OS. The van der Waals surface area contributed by atoms with Gasteiger partial charge in [-0.05, 0) is 32.0 Å². The van der Waals surface area contributed by atoms with Crippen LogP contribution in [0.15, 0.2) is 65.7 Å². The summed E-state index contributed by atoms with van der Waals surface area (Å²) in [5.74, 6) is 0.776. The Kier molecular flexibility index (Phi) is 5.68. The van der Waals surface area contributed by atoms with Crippen molar-refractivity contribution < 1.29 is 0 Å². The predicted octanol–water partition coefficient (Wildman–Crippen LogP) is 4.23. The van der Waals surface area contributed by atoms with Gasteiger partial charge in [0.1, 0.15) is 23.3 Å². The van der Waals surface area contributed by atoms with Gasteiger partial charge in [0.25, 0.3) is 5.56 Å². The van der Waals surface area contributed by atoms with Gasteiger partial charge in [-0.3, -0.25) is 9.36 Å². The van der Waals surface area contributed by atoms with Gasteiger partial charge in [0.2, 0.25) is 5.95 Å². The summed E-state index contributed by atoms with van der Waals surface area (Å²) in [6, 6.07) is 16.5. The molecule has 0 fully saturated rings.